The largest absolute Gasteiger partial charge is 0.466 e. The molecule has 0 aliphatic heterocycles. The Morgan fingerprint density at radius 1 is 1.39 bits per heavy atom. The molecule has 0 N–H and O–H groups in total. The molecule has 0 saturated carbocycles. The van der Waals surface area contributed by atoms with E-state index in [0.717, 1.165) is 0 Å². The molecule has 128 valence electrons. The van der Waals surface area contributed by atoms with Crippen molar-refractivity contribution in [2.45, 2.75) is 51.9 Å². The molecule has 23 heavy (non-hydrogen) atoms. The highest BCUT2D eigenvalue weighted by Gasteiger charge is 2.33. The molecule has 0 unspecified atom stereocenters. The minimum absolute atomic E-state index is 0.133. The van der Waals surface area contributed by atoms with Gasteiger partial charge in [0.25, 0.3) is 0 Å². The lowest BCUT2D eigenvalue weighted by Crippen LogP contribution is -2.39. The molecule has 0 saturated heterocycles. The number of hydrogen-bond donors (Lipinski definition) is 0. The quantitative estimate of drug-likeness (QED) is 0.522. The van der Waals surface area contributed by atoms with Gasteiger partial charge in [-0.2, -0.15) is 0 Å². The smallest absolute Gasteiger partial charge is 0.308 e. The number of esters is 1. The Morgan fingerprint density at radius 3 is 2.61 bits per heavy atom. The van der Waals surface area contributed by atoms with E-state index in [9.17, 15) is 9.18 Å². The highest BCUT2D eigenvalue weighted by Crippen LogP contribution is 2.27. The number of rotatable bonds is 8. The molecule has 0 spiro atoms. The summed E-state index contributed by atoms with van der Waals surface area (Å²) >= 11 is 0. The third-order valence-electron chi connectivity index (χ3n) is 3.77. The third kappa shape index (κ3) is 6.62. The van der Waals surface area contributed by atoms with Crippen molar-refractivity contribution in [3.05, 3.63) is 35.9 Å². The molecule has 0 bridgehead atoms. The summed E-state index contributed by atoms with van der Waals surface area (Å²) in [6, 6.07) is 5.24. The highest BCUT2D eigenvalue weighted by molar-refractivity contribution is 6.72. The summed E-state index contributed by atoms with van der Waals surface area (Å²) in [5.74, 6) is -0.964. The summed E-state index contributed by atoms with van der Waals surface area (Å²) in [5, 5.41) is 0. The first-order chi connectivity index (χ1) is 10.8. The zero-order valence-electron chi connectivity index (χ0n) is 14.5. The van der Waals surface area contributed by atoms with Crippen molar-refractivity contribution in [1.29, 1.82) is 0 Å². The Bertz CT molecular complexity index is 532. The molecule has 0 aliphatic rings. The number of carbonyl (C=O) groups excluding carboxylic acids is 1. The van der Waals surface area contributed by atoms with Crippen molar-refractivity contribution in [2.75, 3.05) is 6.61 Å². The van der Waals surface area contributed by atoms with Crippen LogP contribution in [0.5, 0.6) is 0 Å². The third-order valence-corrected chi connectivity index (χ3v) is 7.45. The topological polar surface area (TPSA) is 48.4 Å². The average molecular weight is 339 g/mol. The number of aromatic nitrogens is 1. The molecule has 0 aliphatic carbocycles. The number of carbonyl (C=O) groups is 1. The van der Waals surface area contributed by atoms with Gasteiger partial charge >= 0.3 is 5.97 Å². The molecule has 1 heterocycles. The van der Waals surface area contributed by atoms with E-state index < -0.39 is 26.2 Å². The first-order valence-electron chi connectivity index (χ1n) is 7.87. The SMILES string of the molecule is CCOC(=O)C[C@H](O[Si](C)(C)C(C)C)C(F)=Cc1ccccn1. The number of nitrogens with zero attached hydrogens (tertiary/aromatic N) is 1. The van der Waals surface area contributed by atoms with E-state index in [1.54, 1.807) is 31.3 Å². The van der Waals surface area contributed by atoms with Crippen LogP contribution in [0, 0.1) is 0 Å². The summed E-state index contributed by atoms with van der Waals surface area (Å²) in [6.45, 7) is 10.1. The predicted octanol–water partition coefficient (Wildman–Crippen LogP) is 4.35. The van der Waals surface area contributed by atoms with Crippen LogP contribution in [0.1, 0.15) is 32.9 Å². The van der Waals surface area contributed by atoms with Gasteiger partial charge in [0.05, 0.1) is 18.7 Å². The summed E-state index contributed by atoms with van der Waals surface area (Å²) in [6.07, 6.45) is 1.84. The second kappa shape index (κ2) is 8.93. The Kier molecular flexibility index (Phi) is 7.58. The number of halogens is 1. The second-order valence-electron chi connectivity index (χ2n) is 6.16. The van der Waals surface area contributed by atoms with Gasteiger partial charge in [-0.15, -0.1) is 0 Å². The maximum absolute atomic E-state index is 14.7. The van der Waals surface area contributed by atoms with Crippen molar-refractivity contribution in [2.24, 2.45) is 0 Å². The van der Waals surface area contributed by atoms with Gasteiger partial charge in [0.15, 0.2) is 8.32 Å². The zero-order valence-corrected chi connectivity index (χ0v) is 15.5. The number of ether oxygens (including phenoxy) is 1. The van der Waals surface area contributed by atoms with Crippen LogP contribution in [-0.4, -0.2) is 32.0 Å². The molecule has 1 aromatic heterocycles. The van der Waals surface area contributed by atoms with Crippen molar-refractivity contribution in [3.8, 4) is 0 Å². The van der Waals surface area contributed by atoms with Crippen LogP contribution in [0.15, 0.2) is 30.2 Å². The lowest BCUT2D eigenvalue weighted by atomic mass is 10.2. The van der Waals surface area contributed by atoms with Gasteiger partial charge < -0.3 is 9.16 Å². The molecular weight excluding hydrogens is 313 g/mol. The lowest BCUT2D eigenvalue weighted by Gasteiger charge is -2.31. The fourth-order valence-corrected chi connectivity index (χ4v) is 2.97. The summed E-state index contributed by atoms with van der Waals surface area (Å²) < 4.78 is 25.6. The van der Waals surface area contributed by atoms with Crippen LogP contribution in [0.3, 0.4) is 0 Å². The van der Waals surface area contributed by atoms with Crippen LogP contribution in [0.25, 0.3) is 6.08 Å². The van der Waals surface area contributed by atoms with E-state index in [0.29, 0.717) is 11.2 Å². The minimum atomic E-state index is -2.12. The van der Waals surface area contributed by atoms with Crippen molar-refractivity contribution in [3.63, 3.8) is 0 Å². The van der Waals surface area contributed by atoms with Gasteiger partial charge in [-0.3, -0.25) is 9.78 Å². The molecule has 4 nitrogen and oxygen atoms in total. The Balaban J connectivity index is 2.98. The molecular formula is C17H26FNO3Si. The highest BCUT2D eigenvalue weighted by atomic mass is 28.4. The van der Waals surface area contributed by atoms with Crippen LogP contribution >= 0.6 is 0 Å². The molecule has 0 fully saturated rings. The van der Waals surface area contributed by atoms with Crippen LogP contribution in [-0.2, 0) is 14.0 Å². The average Bonchev–Trinajstić information content (AvgIpc) is 2.47. The molecule has 1 rings (SSSR count). The summed E-state index contributed by atoms with van der Waals surface area (Å²) in [5.41, 5.74) is 0.793. The predicted molar refractivity (Wildman–Crippen MR) is 92.0 cm³/mol. The number of pyridine rings is 1. The first-order valence-corrected chi connectivity index (χ1v) is 10.9. The fourth-order valence-electron chi connectivity index (χ4n) is 1.77. The summed E-state index contributed by atoms with van der Waals surface area (Å²) in [7, 11) is -2.12. The van der Waals surface area contributed by atoms with E-state index in [2.05, 4.69) is 4.98 Å². The van der Waals surface area contributed by atoms with E-state index in [1.165, 1.54) is 6.08 Å². The lowest BCUT2D eigenvalue weighted by molar-refractivity contribution is -0.144. The van der Waals surface area contributed by atoms with Gasteiger partial charge in [0.1, 0.15) is 11.9 Å². The van der Waals surface area contributed by atoms with Gasteiger partial charge in [-0.25, -0.2) is 4.39 Å². The molecule has 1 atom stereocenters. The van der Waals surface area contributed by atoms with Gasteiger partial charge in [0.2, 0.25) is 0 Å². The van der Waals surface area contributed by atoms with E-state index in [1.807, 2.05) is 26.9 Å². The van der Waals surface area contributed by atoms with Crippen LogP contribution in [0.4, 0.5) is 4.39 Å². The second-order valence-corrected chi connectivity index (χ2v) is 10.8. The van der Waals surface area contributed by atoms with Gasteiger partial charge in [-0.1, -0.05) is 19.9 Å². The van der Waals surface area contributed by atoms with E-state index in [4.69, 9.17) is 9.16 Å². The van der Waals surface area contributed by atoms with Crippen molar-refractivity contribution < 1.29 is 18.3 Å². The summed E-state index contributed by atoms with van der Waals surface area (Å²) in [4.78, 5) is 15.8. The van der Waals surface area contributed by atoms with Crippen LogP contribution < -0.4 is 0 Å². The fraction of sp³-hybridized carbons (Fsp3) is 0.529. The normalized spacial score (nSPS) is 14.0. The molecule has 1 aromatic rings. The van der Waals surface area contributed by atoms with E-state index >= 15 is 0 Å². The monoisotopic (exact) mass is 339 g/mol. The molecule has 0 radical (unpaired) electrons. The maximum Gasteiger partial charge on any atom is 0.308 e. The van der Waals surface area contributed by atoms with Crippen molar-refractivity contribution >= 4 is 20.4 Å². The number of hydrogen-bond acceptors (Lipinski definition) is 4. The molecule has 0 amide bonds. The first kappa shape index (κ1) is 19.5. The standard InChI is InChI=1S/C17H26FNO3Si/c1-6-21-17(20)12-16(22-23(4,5)13(2)3)15(18)11-14-9-7-8-10-19-14/h7-11,13,16H,6,12H2,1-5H3/t16-/m0/s1. The molecule has 6 heteroatoms. The Labute approximate surface area is 138 Å². The Hall–Kier alpha value is -1.53. The van der Waals surface area contributed by atoms with Gasteiger partial charge in [-0.05, 0) is 43.8 Å². The van der Waals surface area contributed by atoms with Crippen molar-refractivity contribution in [1.82, 2.24) is 4.98 Å². The van der Waals surface area contributed by atoms with E-state index in [-0.39, 0.29) is 13.0 Å². The molecule has 0 aromatic carbocycles. The minimum Gasteiger partial charge on any atom is -0.466 e. The van der Waals surface area contributed by atoms with Gasteiger partial charge in [0, 0.05) is 6.20 Å². The van der Waals surface area contributed by atoms with Crippen LogP contribution in [0.2, 0.25) is 18.6 Å². The zero-order chi connectivity index (χ0) is 17.5. The Morgan fingerprint density at radius 2 is 2.09 bits per heavy atom. The maximum atomic E-state index is 14.7.